The van der Waals surface area contributed by atoms with Crippen molar-refractivity contribution in [2.24, 2.45) is 0 Å². The molecule has 0 spiro atoms. The zero-order chi connectivity index (χ0) is 8.69. The molecule has 1 heteroatoms. The van der Waals surface area contributed by atoms with Crippen molar-refractivity contribution in [3.63, 3.8) is 0 Å². The Balaban J connectivity index is 0.000000461. The van der Waals surface area contributed by atoms with E-state index in [2.05, 4.69) is 13.0 Å². The maximum absolute atomic E-state index is 9.08. The molecule has 66 valence electrons. The molecule has 1 aliphatic carbocycles. The van der Waals surface area contributed by atoms with E-state index in [4.69, 9.17) is 5.11 Å². The predicted octanol–water partition coefficient (Wildman–Crippen LogP) is 2.89. The van der Waals surface area contributed by atoms with Gasteiger partial charge < -0.3 is 5.11 Å². The number of rotatable bonds is 1. The molecule has 0 saturated heterocycles. The SMILES string of the molecule is CC.CCC1=CCC(O)CC1. The quantitative estimate of drug-likeness (QED) is 0.579. The highest BCUT2D eigenvalue weighted by atomic mass is 16.3. The largest absolute Gasteiger partial charge is 0.393 e. The van der Waals surface area contributed by atoms with Gasteiger partial charge in [0.15, 0.2) is 0 Å². The molecule has 0 aromatic heterocycles. The second kappa shape index (κ2) is 6.41. The molecule has 0 aromatic rings. The molecule has 1 aliphatic rings. The minimum absolute atomic E-state index is 0.0553. The van der Waals surface area contributed by atoms with E-state index in [9.17, 15) is 0 Å². The molecular formula is C10H20O. The van der Waals surface area contributed by atoms with Crippen LogP contribution >= 0.6 is 0 Å². The molecule has 1 nitrogen and oxygen atoms in total. The van der Waals surface area contributed by atoms with Crippen LogP contribution in [0.25, 0.3) is 0 Å². The highest BCUT2D eigenvalue weighted by Gasteiger charge is 2.08. The summed E-state index contributed by atoms with van der Waals surface area (Å²) in [7, 11) is 0. The summed E-state index contributed by atoms with van der Waals surface area (Å²) in [6.07, 6.45) is 6.24. The van der Waals surface area contributed by atoms with Gasteiger partial charge in [-0.05, 0) is 25.7 Å². The highest BCUT2D eigenvalue weighted by molar-refractivity contribution is 5.05. The third kappa shape index (κ3) is 4.20. The molecule has 0 heterocycles. The molecule has 0 saturated carbocycles. The Morgan fingerprint density at radius 2 is 2.18 bits per heavy atom. The Labute approximate surface area is 70.1 Å². The van der Waals surface area contributed by atoms with Crippen LogP contribution < -0.4 is 0 Å². The summed E-state index contributed by atoms with van der Waals surface area (Å²) in [4.78, 5) is 0. The third-order valence-corrected chi connectivity index (χ3v) is 1.93. The van der Waals surface area contributed by atoms with Crippen LogP contribution in [0.2, 0.25) is 0 Å². The van der Waals surface area contributed by atoms with E-state index in [1.807, 2.05) is 13.8 Å². The van der Waals surface area contributed by atoms with Crippen molar-refractivity contribution in [3.05, 3.63) is 11.6 Å². The van der Waals surface area contributed by atoms with E-state index < -0.39 is 0 Å². The summed E-state index contributed by atoms with van der Waals surface area (Å²) in [5.74, 6) is 0. The van der Waals surface area contributed by atoms with Gasteiger partial charge in [0.1, 0.15) is 0 Å². The Morgan fingerprint density at radius 1 is 1.55 bits per heavy atom. The molecule has 0 fully saturated rings. The van der Waals surface area contributed by atoms with Crippen molar-refractivity contribution in [2.75, 3.05) is 0 Å². The number of aliphatic hydroxyl groups is 1. The fraction of sp³-hybridized carbons (Fsp3) is 0.800. The molecule has 0 radical (unpaired) electrons. The van der Waals surface area contributed by atoms with E-state index in [1.165, 1.54) is 5.57 Å². The lowest BCUT2D eigenvalue weighted by atomic mass is 9.96. The predicted molar refractivity (Wildman–Crippen MR) is 49.6 cm³/mol. The molecule has 1 unspecified atom stereocenters. The number of hydrogen-bond acceptors (Lipinski definition) is 1. The highest BCUT2D eigenvalue weighted by Crippen LogP contribution is 2.19. The summed E-state index contributed by atoms with van der Waals surface area (Å²) >= 11 is 0. The molecule has 11 heavy (non-hydrogen) atoms. The third-order valence-electron chi connectivity index (χ3n) is 1.93. The van der Waals surface area contributed by atoms with Crippen molar-refractivity contribution in [2.45, 2.75) is 52.6 Å². The van der Waals surface area contributed by atoms with Gasteiger partial charge in [-0.1, -0.05) is 32.4 Å². The molecule has 1 rings (SSSR count). The average Bonchev–Trinajstić information content (AvgIpc) is 2.10. The standard InChI is InChI=1S/C8H14O.C2H6/c1-2-7-3-5-8(9)6-4-7;1-2/h3,8-9H,2,4-6H2,1H3;1-2H3. The van der Waals surface area contributed by atoms with Crippen molar-refractivity contribution in [1.82, 2.24) is 0 Å². The van der Waals surface area contributed by atoms with Gasteiger partial charge in [-0.2, -0.15) is 0 Å². The first-order chi connectivity index (χ1) is 5.33. The van der Waals surface area contributed by atoms with Gasteiger partial charge in [-0.25, -0.2) is 0 Å². The van der Waals surface area contributed by atoms with Crippen LogP contribution in [0.1, 0.15) is 46.5 Å². The molecular weight excluding hydrogens is 136 g/mol. The normalized spacial score (nSPS) is 23.3. The molecule has 0 bridgehead atoms. The van der Waals surface area contributed by atoms with Crippen molar-refractivity contribution >= 4 is 0 Å². The zero-order valence-electron chi connectivity index (χ0n) is 7.93. The second-order valence-corrected chi connectivity index (χ2v) is 2.64. The number of aliphatic hydroxyl groups excluding tert-OH is 1. The monoisotopic (exact) mass is 156 g/mol. The lowest BCUT2D eigenvalue weighted by molar-refractivity contribution is 0.162. The van der Waals surface area contributed by atoms with Crippen LogP contribution in [0.15, 0.2) is 11.6 Å². The fourth-order valence-electron chi connectivity index (χ4n) is 1.20. The number of allylic oxidation sites excluding steroid dienone is 1. The first-order valence-electron chi connectivity index (χ1n) is 4.69. The summed E-state index contributed by atoms with van der Waals surface area (Å²) in [6, 6.07) is 0. The van der Waals surface area contributed by atoms with Gasteiger partial charge in [0.05, 0.1) is 6.10 Å². The van der Waals surface area contributed by atoms with Gasteiger partial charge >= 0.3 is 0 Å². The first-order valence-corrected chi connectivity index (χ1v) is 4.69. The first kappa shape index (κ1) is 10.7. The molecule has 0 amide bonds. The van der Waals surface area contributed by atoms with Crippen molar-refractivity contribution in [3.8, 4) is 0 Å². The maximum atomic E-state index is 9.08. The Hall–Kier alpha value is -0.300. The van der Waals surface area contributed by atoms with E-state index in [0.29, 0.717) is 0 Å². The van der Waals surface area contributed by atoms with Gasteiger partial charge in [0.2, 0.25) is 0 Å². The van der Waals surface area contributed by atoms with Gasteiger partial charge in [0, 0.05) is 0 Å². The van der Waals surface area contributed by atoms with Gasteiger partial charge in [-0.3, -0.25) is 0 Å². The van der Waals surface area contributed by atoms with Gasteiger partial charge in [-0.15, -0.1) is 0 Å². The van der Waals surface area contributed by atoms with E-state index in [1.54, 1.807) is 0 Å². The number of hydrogen-bond donors (Lipinski definition) is 1. The van der Waals surface area contributed by atoms with Crippen molar-refractivity contribution < 1.29 is 5.11 Å². The minimum atomic E-state index is -0.0553. The summed E-state index contributed by atoms with van der Waals surface area (Å²) in [6.45, 7) is 6.17. The Kier molecular flexibility index (Phi) is 6.24. The Bertz CT molecular complexity index is 116. The van der Waals surface area contributed by atoms with E-state index >= 15 is 0 Å². The van der Waals surface area contributed by atoms with Crippen LogP contribution in [0.4, 0.5) is 0 Å². The smallest absolute Gasteiger partial charge is 0.0577 e. The second-order valence-electron chi connectivity index (χ2n) is 2.64. The lowest BCUT2D eigenvalue weighted by Gasteiger charge is -2.15. The van der Waals surface area contributed by atoms with Crippen LogP contribution in [-0.4, -0.2) is 11.2 Å². The van der Waals surface area contributed by atoms with Gasteiger partial charge in [0.25, 0.3) is 0 Å². The summed E-state index contributed by atoms with van der Waals surface area (Å²) in [5.41, 5.74) is 1.51. The molecule has 1 atom stereocenters. The maximum Gasteiger partial charge on any atom is 0.0577 e. The van der Waals surface area contributed by atoms with Crippen LogP contribution in [-0.2, 0) is 0 Å². The van der Waals surface area contributed by atoms with Crippen LogP contribution in [0.3, 0.4) is 0 Å². The average molecular weight is 156 g/mol. The summed E-state index contributed by atoms with van der Waals surface area (Å²) in [5, 5.41) is 9.08. The van der Waals surface area contributed by atoms with Crippen LogP contribution in [0, 0.1) is 0 Å². The molecule has 0 aliphatic heterocycles. The lowest BCUT2D eigenvalue weighted by Crippen LogP contribution is -2.09. The molecule has 1 N–H and O–H groups in total. The summed E-state index contributed by atoms with van der Waals surface area (Å²) < 4.78 is 0. The fourth-order valence-corrected chi connectivity index (χ4v) is 1.20. The molecule has 0 aromatic carbocycles. The van der Waals surface area contributed by atoms with Crippen LogP contribution in [0.5, 0.6) is 0 Å². The topological polar surface area (TPSA) is 20.2 Å². The zero-order valence-corrected chi connectivity index (χ0v) is 7.93. The van der Waals surface area contributed by atoms with E-state index in [0.717, 1.165) is 25.7 Å². The minimum Gasteiger partial charge on any atom is -0.393 e. The Morgan fingerprint density at radius 3 is 2.55 bits per heavy atom. The van der Waals surface area contributed by atoms with Crippen molar-refractivity contribution in [1.29, 1.82) is 0 Å². The van der Waals surface area contributed by atoms with E-state index in [-0.39, 0.29) is 6.10 Å².